The van der Waals surface area contributed by atoms with Crippen LogP contribution in [0.5, 0.6) is 0 Å². The van der Waals surface area contributed by atoms with Crippen LogP contribution in [-0.4, -0.2) is 18.6 Å². The van der Waals surface area contributed by atoms with Crippen molar-refractivity contribution >= 4 is 27.6 Å². The van der Waals surface area contributed by atoms with Crippen molar-refractivity contribution in [2.24, 2.45) is 11.8 Å². The van der Waals surface area contributed by atoms with E-state index in [0.717, 1.165) is 29.4 Å². The van der Waals surface area contributed by atoms with Crippen molar-refractivity contribution < 1.29 is 9.53 Å². The summed E-state index contributed by atoms with van der Waals surface area (Å²) in [5, 5.41) is 3.48. The van der Waals surface area contributed by atoms with Crippen molar-refractivity contribution in [2.45, 2.75) is 45.1 Å². The van der Waals surface area contributed by atoms with Crippen LogP contribution in [0.1, 0.15) is 39.5 Å². The summed E-state index contributed by atoms with van der Waals surface area (Å²) >= 11 is 3.55. The van der Waals surface area contributed by atoms with E-state index in [1.165, 1.54) is 13.5 Å². The normalized spacial score (nSPS) is 25.7. The van der Waals surface area contributed by atoms with Crippen LogP contribution in [0.15, 0.2) is 28.7 Å². The predicted octanol–water partition coefficient (Wildman–Crippen LogP) is 4.62. The third kappa shape index (κ3) is 3.60. The minimum atomic E-state index is -0.605. The Morgan fingerprint density at radius 3 is 2.76 bits per heavy atom. The van der Waals surface area contributed by atoms with E-state index < -0.39 is 5.54 Å². The molecule has 0 bridgehead atoms. The molecule has 1 aliphatic carbocycles. The van der Waals surface area contributed by atoms with Gasteiger partial charge in [-0.15, -0.1) is 0 Å². The number of rotatable bonds is 4. The molecule has 0 amide bonds. The highest BCUT2D eigenvalue weighted by molar-refractivity contribution is 9.10. The Kier molecular flexibility index (Phi) is 5.31. The highest BCUT2D eigenvalue weighted by atomic mass is 79.9. The number of hydrogen-bond acceptors (Lipinski definition) is 3. The molecule has 1 saturated carbocycles. The monoisotopic (exact) mass is 353 g/mol. The standard InChI is InChI=1S/C17H24BrNO2/c1-12(2)13-7-6-10-17(11-13,16(20)21-3)19-15-9-5-4-8-14(15)18/h4-5,8-9,12-13,19H,6-7,10-11H2,1-3H3. The molecule has 2 rings (SSSR count). The Morgan fingerprint density at radius 1 is 1.43 bits per heavy atom. The summed E-state index contributed by atoms with van der Waals surface area (Å²) in [7, 11) is 1.48. The summed E-state index contributed by atoms with van der Waals surface area (Å²) in [6.45, 7) is 4.47. The Morgan fingerprint density at radius 2 is 2.14 bits per heavy atom. The number of hydrogen-bond donors (Lipinski definition) is 1. The third-order valence-corrected chi connectivity index (χ3v) is 5.25. The summed E-state index contributed by atoms with van der Waals surface area (Å²) in [5.41, 5.74) is 0.346. The molecular formula is C17H24BrNO2. The lowest BCUT2D eigenvalue weighted by Gasteiger charge is -2.41. The van der Waals surface area contributed by atoms with E-state index in [0.29, 0.717) is 11.8 Å². The number of methoxy groups -OCH3 is 1. The molecular weight excluding hydrogens is 330 g/mol. The predicted molar refractivity (Wildman–Crippen MR) is 89.3 cm³/mol. The zero-order chi connectivity index (χ0) is 15.5. The summed E-state index contributed by atoms with van der Waals surface area (Å²) in [5.74, 6) is 0.979. The average Bonchev–Trinajstić information content (AvgIpc) is 2.49. The average molecular weight is 354 g/mol. The number of ether oxygens (including phenoxy) is 1. The fourth-order valence-corrected chi connectivity index (χ4v) is 3.64. The van der Waals surface area contributed by atoms with Gasteiger partial charge in [-0.1, -0.05) is 32.4 Å². The van der Waals surface area contributed by atoms with Crippen LogP contribution in [0.4, 0.5) is 5.69 Å². The first-order chi connectivity index (χ1) is 9.98. The Balaban J connectivity index is 2.29. The highest BCUT2D eigenvalue weighted by Crippen LogP contribution is 2.40. The molecule has 0 saturated heterocycles. The van der Waals surface area contributed by atoms with Gasteiger partial charge >= 0.3 is 5.97 Å². The third-order valence-electron chi connectivity index (χ3n) is 4.56. The van der Waals surface area contributed by atoms with Crippen molar-refractivity contribution in [2.75, 3.05) is 12.4 Å². The van der Waals surface area contributed by atoms with E-state index in [4.69, 9.17) is 4.74 Å². The maximum atomic E-state index is 12.5. The topological polar surface area (TPSA) is 38.3 Å². The summed E-state index contributed by atoms with van der Waals surface area (Å²) < 4.78 is 6.09. The number of carbonyl (C=O) groups is 1. The van der Waals surface area contributed by atoms with E-state index in [9.17, 15) is 4.79 Å². The smallest absolute Gasteiger partial charge is 0.331 e. The zero-order valence-corrected chi connectivity index (χ0v) is 14.6. The van der Waals surface area contributed by atoms with E-state index in [1.54, 1.807) is 0 Å². The first-order valence-electron chi connectivity index (χ1n) is 7.59. The minimum absolute atomic E-state index is 0.149. The summed E-state index contributed by atoms with van der Waals surface area (Å²) in [6, 6.07) is 7.92. The van der Waals surface area contributed by atoms with Crippen molar-refractivity contribution in [3.8, 4) is 0 Å². The van der Waals surface area contributed by atoms with Gasteiger partial charge in [-0.25, -0.2) is 4.79 Å². The van der Waals surface area contributed by atoms with Gasteiger partial charge in [0.2, 0.25) is 0 Å². The van der Waals surface area contributed by atoms with Gasteiger partial charge < -0.3 is 10.1 Å². The maximum absolute atomic E-state index is 12.5. The highest BCUT2D eigenvalue weighted by Gasteiger charge is 2.44. The molecule has 0 heterocycles. The molecule has 1 N–H and O–H groups in total. The van der Waals surface area contributed by atoms with Gasteiger partial charge in [0.15, 0.2) is 0 Å². The number of carbonyl (C=O) groups excluding carboxylic acids is 1. The Labute approximate surface area is 135 Å². The van der Waals surface area contributed by atoms with Crippen molar-refractivity contribution in [1.29, 1.82) is 0 Å². The lowest BCUT2D eigenvalue weighted by Crippen LogP contribution is -2.51. The number of nitrogens with one attached hydrogen (secondary N) is 1. The van der Waals surface area contributed by atoms with Crippen LogP contribution in [0.2, 0.25) is 0 Å². The molecule has 0 aliphatic heterocycles. The van der Waals surface area contributed by atoms with E-state index in [-0.39, 0.29) is 5.97 Å². The van der Waals surface area contributed by atoms with Crippen LogP contribution in [0.25, 0.3) is 0 Å². The molecule has 2 unspecified atom stereocenters. The molecule has 0 aromatic heterocycles. The van der Waals surface area contributed by atoms with Crippen LogP contribution >= 0.6 is 15.9 Å². The zero-order valence-electron chi connectivity index (χ0n) is 13.0. The molecule has 3 nitrogen and oxygen atoms in total. The van der Waals surface area contributed by atoms with Gasteiger partial charge in [-0.05, 0) is 59.2 Å². The van der Waals surface area contributed by atoms with Crippen LogP contribution in [0, 0.1) is 11.8 Å². The van der Waals surface area contributed by atoms with Gasteiger partial charge in [0.05, 0.1) is 7.11 Å². The van der Waals surface area contributed by atoms with Gasteiger partial charge in [-0.2, -0.15) is 0 Å². The van der Waals surface area contributed by atoms with Crippen LogP contribution in [-0.2, 0) is 9.53 Å². The van der Waals surface area contributed by atoms with Crippen molar-refractivity contribution in [3.63, 3.8) is 0 Å². The van der Waals surface area contributed by atoms with Gasteiger partial charge in [0.1, 0.15) is 5.54 Å². The molecule has 1 aromatic rings. The SMILES string of the molecule is COC(=O)C1(Nc2ccccc2Br)CCCC(C(C)C)C1. The quantitative estimate of drug-likeness (QED) is 0.802. The van der Waals surface area contributed by atoms with E-state index >= 15 is 0 Å². The van der Waals surface area contributed by atoms with Crippen LogP contribution < -0.4 is 5.32 Å². The molecule has 2 atom stereocenters. The number of para-hydroxylation sites is 1. The number of halogens is 1. The lowest BCUT2D eigenvalue weighted by molar-refractivity contribution is -0.148. The largest absolute Gasteiger partial charge is 0.467 e. The van der Waals surface area contributed by atoms with Crippen LogP contribution in [0.3, 0.4) is 0 Å². The van der Waals surface area contributed by atoms with Gasteiger partial charge in [0, 0.05) is 10.2 Å². The second kappa shape index (κ2) is 6.82. The second-order valence-corrected chi connectivity index (χ2v) is 7.13. The molecule has 1 fully saturated rings. The first-order valence-corrected chi connectivity index (χ1v) is 8.39. The van der Waals surface area contributed by atoms with E-state index in [2.05, 4.69) is 35.1 Å². The Bertz CT molecular complexity index is 503. The number of anilines is 1. The molecule has 4 heteroatoms. The summed E-state index contributed by atoms with van der Waals surface area (Å²) in [6.07, 6.45) is 3.90. The first kappa shape index (κ1) is 16.3. The molecule has 116 valence electrons. The minimum Gasteiger partial charge on any atom is -0.467 e. The van der Waals surface area contributed by atoms with Crippen molar-refractivity contribution in [3.05, 3.63) is 28.7 Å². The lowest BCUT2D eigenvalue weighted by atomic mass is 9.71. The Hall–Kier alpha value is -1.03. The molecule has 21 heavy (non-hydrogen) atoms. The molecule has 0 spiro atoms. The fraction of sp³-hybridized carbons (Fsp3) is 0.588. The molecule has 1 aliphatic rings. The summed E-state index contributed by atoms with van der Waals surface area (Å²) in [4.78, 5) is 12.5. The fourth-order valence-electron chi connectivity index (χ4n) is 3.25. The number of esters is 1. The van der Waals surface area contributed by atoms with Gasteiger partial charge in [-0.3, -0.25) is 0 Å². The molecule has 0 radical (unpaired) electrons. The number of benzene rings is 1. The maximum Gasteiger partial charge on any atom is 0.331 e. The molecule has 1 aromatic carbocycles. The van der Waals surface area contributed by atoms with E-state index in [1.807, 2.05) is 24.3 Å². The van der Waals surface area contributed by atoms with Gasteiger partial charge in [0.25, 0.3) is 0 Å². The van der Waals surface area contributed by atoms with Crippen molar-refractivity contribution in [1.82, 2.24) is 0 Å². The second-order valence-electron chi connectivity index (χ2n) is 6.28.